The second-order valence-electron chi connectivity index (χ2n) is 5.55. The summed E-state index contributed by atoms with van der Waals surface area (Å²) in [6.45, 7) is 0. The van der Waals surface area contributed by atoms with Crippen LogP contribution in [0.5, 0.6) is 0 Å². The number of nitrogen functional groups attached to an aromatic ring is 1. The first kappa shape index (κ1) is 13.0. The molecule has 1 aliphatic carbocycles. The number of anilines is 1. The first-order valence-corrected chi connectivity index (χ1v) is 7.31. The third-order valence-electron chi connectivity index (χ3n) is 4.13. The highest BCUT2D eigenvalue weighted by atomic mass is 19.1. The van der Waals surface area contributed by atoms with Gasteiger partial charge in [0.05, 0.1) is 5.69 Å². The Morgan fingerprint density at radius 3 is 2.77 bits per heavy atom. The van der Waals surface area contributed by atoms with Crippen LogP contribution in [0.15, 0.2) is 42.5 Å². The Hall–Kier alpha value is -2.69. The predicted molar refractivity (Wildman–Crippen MR) is 83.2 cm³/mol. The average Bonchev–Trinajstić information content (AvgIpc) is 3.12. The van der Waals surface area contributed by atoms with Gasteiger partial charge < -0.3 is 5.73 Å². The van der Waals surface area contributed by atoms with Crippen molar-refractivity contribution >= 4 is 5.82 Å². The maximum absolute atomic E-state index is 13.4. The summed E-state index contributed by atoms with van der Waals surface area (Å²) >= 11 is 0. The van der Waals surface area contributed by atoms with E-state index in [1.807, 2.05) is 6.07 Å². The van der Waals surface area contributed by atoms with Gasteiger partial charge in [-0.3, -0.25) is 0 Å². The normalized spacial score (nSPS) is 13.3. The van der Waals surface area contributed by atoms with Gasteiger partial charge in [-0.15, -0.1) is 5.10 Å². The van der Waals surface area contributed by atoms with Crippen molar-refractivity contribution in [3.63, 3.8) is 0 Å². The molecule has 0 fully saturated rings. The van der Waals surface area contributed by atoms with E-state index in [2.05, 4.69) is 22.4 Å². The number of nitrogens with zero attached hydrogens (tertiary/aromatic N) is 3. The van der Waals surface area contributed by atoms with Gasteiger partial charge in [-0.2, -0.15) is 4.68 Å². The van der Waals surface area contributed by atoms with Crippen LogP contribution in [-0.4, -0.2) is 15.0 Å². The lowest BCUT2D eigenvalue weighted by atomic mass is 10.0. The van der Waals surface area contributed by atoms with Crippen molar-refractivity contribution < 1.29 is 4.39 Å². The molecule has 0 atom stereocenters. The van der Waals surface area contributed by atoms with Gasteiger partial charge >= 0.3 is 0 Å². The molecule has 0 bridgehead atoms. The predicted octanol–water partition coefficient (Wildman–Crippen LogP) is 3.14. The molecule has 2 aromatic carbocycles. The van der Waals surface area contributed by atoms with Crippen LogP contribution in [0.25, 0.3) is 16.9 Å². The first-order chi connectivity index (χ1) is 10.7. The number of nitrogens with two attached hydrogens (primary N) is 1. The fraction of sp³-hybridized carbons (Fsp3) is 0.176. The molecule has 0 radical (unpaired) electrons. The van der Waals surface area contributed by atoms with Crippen LogP contribution in [0.1, 0.15) is 17.5 Å². The SMILES string of the molecule is Nc1c(-c2ccc3c(c2)CCC3)nnn1-c1cccc(F)c1. The van der Waals surface area contributed by atoms with Crippen LogP contribution in [-0.2, 0) is 12.8 Å². The van der Waals surface area contributed by atoms with Gasteiger partial charge in [0.2, 0.25) is 0 Å². The van der Waals surface area contributed by atoms with Crippen LogP contribution < -0.4 is 5.73 Å². The average molecular weight is 294 g/mol. The number of rotatable bonds is 2. The quantitative estimate of drug-likeness (QED) is 0.790. The molecule has 0 saturated heterocycles. The third kappa shape index (κ3) is 2.06. The zero-order valence-electron chi connectivity index (χ0n) is 12.0. The molecule has 0 spiro atoms. The summed E-state index contributed by atoms with van der Waals surface area (Å²) in [4.78, 5) is 0. The molecule has 0 aliphatic heterocycles. The van der Waals surface area contributed by atoms with Gasteiger partial charge in [-0.1, -0.05) is 23.4 Å². The molecule has 110 valence electrons. The number of fused-ring (bicyclic) bond motifs is 1. The number of hydrogen-bond acceptors (Lipinski definition) is 3. The van der Waals surface area contributed by atoms with Crippen molar-refractivity contribution in [2.24, 2.45) is 0 Å². The van der Waals surface area contributed by atoms with E-state index in [1.165, 1.54) is 34.4 Å². The molecule has 4 rings (SSSR count). The first-order valence-electron chi connectivity index (χ1n) is 7.31. The van der Waals surface area contributed by atoms with Crippen molar-refractivity contribution in [3.05, 3.63) is 59.4 Å². The third-order valence-corrected chi connectivity index (χ3v) is 4.13. The Labute approximate surface area is 127 Å². The van der Waals surface area contributed by atoms with Crippen LogP contribution in [0.2, 0.25) is 0 Å². The van der Waals surface area contributed by atoms with E-state index in [9.17, 15) is 4.39 Å². The number of aromatic nitrogens is 3. The summed E-state index contributed by atoms with van der Waals surface area (Å²) < 4.78 is 14.8. The standard InChI is InChI=1S/C17H15FN4/c18-14-5-2-6-15(10-14)22-17(19)16(20-21-22)13-8-7-11-3-1-4-12(11)9-13/h2,5-10H,1,3-4,19H2. The fourth-order valence-corrected chi connectivity index (χ4v) is 3.01. The van der Waals surface area contributed by atoms with E-state index < -0.39 is 0 Å². The molecule has 2 N–H and O–H groups in total. The Morgan fingerprint density at radius 2 is 1.91 bits per heavy atom. The molecule has 1 aromatic heterocycles. The van der Waals surface area contributed by atoms with E-state index in [1.54, 1.807) is 12.1 Å². The van der Waals surface area contributed by atoms with Crippen molar-refractivity contribution in [2.75, 3.05) is 5.73 Å². The topological polar surface area (TPSA) is 56.7 Å². The largest absolute Gasteiger partial charge is 0.382 e. The van der Waals surface area contributed by atoms with Crippen molar-refractivity contribution in [1.82, 2.24) is 15.0 Å². The van der Waals surface area contributed by atoms with Gasteiger partial charge in [0.1, 0.15) is 11.5 Å². The molecule has 5 heteroatoms. The maximum atomic E-state index is 13.4. The molecular formula is C17H15FN4. The summed E-state index contributed by atoms with van der Waals surface area (Å²) in [6, 6.07) is 12.5. The summed E-state index contributed by atoms with van der Waals surface area (Å²) in [6.07, 6.45) is 3.44. The highest BCUT2D eigenvalue weighted by Crippen LogP contribution is 2.30. The minimum absolute atomic E-state index is 0.327. The van der Waals surface area contributed by atoms with Crippen molar-refractivity contribution in [1.29, 1.82) is 0 Å². The van der Waals surface area contributed by atoms with Crippen molar-refractivity contribution in [2.45, 2.75) is 19.3 Å². The van der Waals surface area contributed by atoms with Gasteiger partial charge in [0.15, 0.2) is 5.82 Å². The fourth-order valence-electron chi connectivity index (χ4n) is 3.01. The number of hydrogen-bond donors (Lipinski definition) is 1. The molecule has 22 heavy (non-hydrogen) atoms. The van der Waals surface area contributed by atoms with E-state index in [-0.39, 0.29) is 5.82 Å². The smallest absolute Gasteiger partial charge is 0.155 e. The lowest BCUT2D eigenvalue weighted by Gasteiger charge is -2.05. The van der Waals surface area contributed by atoms with Crippen molar-refractivity contribution in [3.8, 4) is 16.9 Å². The number of aryl methyl sites for hydroxylation is 2. The number of halogens is 1. The van der Waals surface area contributed by atoms with E-state index >= 15 is 0 Å². The monoisotopic (exact) mass is 294 g/mol. The van der Waals surface area contributed by atoms with Crippen LogP contribution in [0, 0.1) is 5.82 Å². The lowest BCUT2D eigenvalue weighted by Crippen LogP contribution is -2.02. The zero-order chi connectivity index (χ0) is 15.1. The maximum Gasteiger partial charge on any atom is 0.155 e. The highest BCUT2D eigenvalue weighted by Gasteiger charge is 2.16. The zero-order valence-corrected chi connectivity index (χ0v) is 12.0. The van der Waals surface area contributed by atoms with Gasteiger partial charge in [0.25, 0.3) is 0 Å². The molecule has 1 heterocycles. The molecular weight excluding hydrogens is 279 g/mol. The summed E-state index contributed by atoms with van der Waals surface area (Å²) in [5.74, 6) is 0.0926. The second-order valence-corrected chi connectivity index (χ2v) is 5.55. The van der Waals surface area contributed by atoms with Crippen LogP contribution in [0.3, 0.4) is 0 Å². The Morgan fingerprint density at radius 1 is 1.05 bits per heavy atom. The second kappa shape index (κ2) is 4.94. The van der Waals surface area contributed by atoms with E-state index in [4.69, 9.17) is 5.73 Å². The number of benzene rings is 2. The van der Waals surface area contributed by atoms with Gasteiger partial charge in [-0.25, -0.2) is 4.39 Å². The summed E-state index contributed by atoms with van der Waals surface area (Å²) in [5, 5.41) is 8.26. The molecule has 4 nitrogen and oxygen atoms in total. The molecule has 0 unspecified atom stereocenters. The van der Waals surface area contributed by atoms with Gasteiger partial charge in [-0.05, 0) is 54.7 Å². The molecule has 3 aromatic rings. The van der Waals surface area contributed by atoms with E-state index in [0.29, 0.717) is 17.2 Å². The minimum Gasteiger partial charge on any atom is -0.382 e. The Balaban J connectivity index is 1.78. The summed E-state index contributed by atoms with van der Waals surface area (Å²) in [5.41, 5.74) is 11.1. The molecule has 0 amide bonds. The van der Waals surface area contributed by atoms with Crippen LogP contribution in [0.4, 0.5) is 10.2 Å². The van der Waals surface area contributed by atoms with Crippen LogP contribution >= 0.6 is 0 Å². The Kier molecular flexibility index (Phi) is 2.92. The van der Waals surface area contributed by atoms with E-state index in [0.717, 1.165) is 18.4 Å². The molecule has 0 saturated carbocycles. The highest BCUT2D eigenvalue weighted by molar-refractivity contribution is 5.72. The molecule has 1 aliphatic rings. The summed E-state index contributed by atoms with van der Waals surface area (Å²) in [7, 11) is 0. The Bertz CT molecular complexity index is 854. The minimum atomic E-state index is -0.327. The van der Waals surface area contributed by atoms with Gasteiger partial charge in [0, 0.05) is 5.56 Å². The lowest BCUT2D eigenvalue weighted by molar-refractivity contribution is 0.625.